The van der Waals surface area contributed by atoms with Gasteiger partial charge in [-0.25, -0.2) is 5.43 Å². The minimum atomic E-state index is -0.452. The van der Waals surface area contributed by atoms with Crippen molar-refractivity contribution in [3.05, 3.63) is 56.3 Å². The number of amides is 1. The highest BCUT2D eigenvalue weighted by Crippen LogP contribution is 2.34. The summed E-state index contributed by atoms with van der Waals surface area (Å²) < 4.78 is 17.8. The van der Waals surface area contributed by atoms with Crippen molar-refractivity contribution in [2.24, 2.45) is 5.10 Å². The zero-order valence-electron chi connectivity index (χ0n) is 16.2. The summed E-state index contributed by atoms with van der Waals surface area (Å²) in [6, 6.07) is 10.5. The number of ether oxygens (including phenoxy) is 2. The number of carbonyl (C=O) groups is 1. The minimum Gasteiger partial charge on any atom is -0.493 e. The van der Waals surface area contributed by atoms with Gasteiger partial charge in [0.15, 0.2) is 17.3 Å². The summed E-state index contributed by atoms with van der Waals surface area (Å²) in [7, 11) is 1.59. The molecule has 0 aliphatic rings. The van der Waals surface area contributed by atoms with Crippen LogP contribution >= 0.6 is 34.2 Å². The van der Waals surface area contributed by atoms with Crippen molar-refractivity contribution in [1.29, 1.82) is 0 Å². The summed E-state index contributed by atoms with van der Waals surface area (Å²) in [5.74, 6) is 1.01. The third-order valence-corrected chi connectivity index (χ3v) is 5.26. The molecule has 0 spiro atoms. The first-order valence-corrected chi connectivity index (χ1v) is 10.4. The number of furan rings is 1. The number of hydrazone groups is 1. The predicted octanol–water partition coefficient (Wildman–Crippen LogP) is 5.64. The van der Waals surface area contributed by atoms with Crippen LogP contribution in [0.1, 0.15) is 36.4 Å². The summed E-state index contributed by atoms with van der Waals surface area (Å²) in [5.41, 5.74) is 3.81. The molecule has 29 heavy (non-hydrogen) atoms. The summed E-state index contributed by atoms with van der Waals surface area (Å²) >= 11 is 8.15. The molecular formula is C21H20ClIN2O4. The Morgan fingerprint density at radius 2 is 2.14 bits per heavy atom. The third kappa shape index (κ3) is 5.22. The average Bonchev–Trinajstić information content (AvgIpc) is 3.12. The molecule has 2 aromatic carbocycles. The van der Waals surface area contributed by atoms with Crippen molar-refractivity contribution >= 4 is 57.3 Å². The van der Waals surface area contributed by atoms with Gasteiger partial charge in [0.05, 0.1) is 23.0 Å². The number of hydrogen-bond donors (Lipinski definition) is 1. The first-order chi connectivity index (χ1) is 13.9. The smallest absolute Gasteiger partial charge is 0.307 e. The van der Waals surface area contributed by atoms with Crippen molar-refractivity contribution in [2.45, 2.75) is 26.4 Å². The fraction of sp³-hybridized carbons (Fsp3) is 0.238. The van der Waals surface area contributed by atoms with Crippen LogP contribution in [0, 0.1) is 3.57 Å². The average molecular weight is 527 g/mol. The van der Waals surface area contributed by atoms with Gasteiger partial charge in [0.1, 0.15) is 5.58 Å². The van der Waals surface area contributed by atoms with Gasteiger partial charge >= 0.3 is 5.91 Å². The number of carbonyl (C=O) groups excluding carboxylic acids is 1. The lowest BCUT2D eigenvalue weighted by molar-refractivity contribution is 0.0929. The van der Waals surface area contributed by atoms with Gasteiger partial charge in [-0.2, -0.15) is 5.10 Å². The van der Waals surface area contributed by atoms with E-state index in [-0.39, 0.29) is 11.9 Å². The lowest BCUT2D eigenvalue weighted by Crippen LogP contribution is -2.16. The Bertz CT molecular complexity index is 1060. The molecule has 0 bridgehead atoms. The standard InChI is InChI=1S/C21H20ClIN2O4/c1-4-12(2)28-20-16(23)7-13(8-18(20)27-3)11-24-25-21(26)19-10-14-9-15(22)5-6-17(14)29-19/h5-12H,4H2,1-3H3,(H,25,26)/b24-11+/t12-/m1/s1. The Hall–Kier alpha value is -2.26. The number of benzene rings is 2. The molecule has 0 fully saturated rings. The molecule has 1 heterocycles. The second-order valence-corrected chi connectivity index (χ2v) is 7.96. The maximum absolute atomic E-state index is 12.3. The number of fused-ring (bicyclic) bond motifs is 1. The summed E-state index contributed by atoms with van der Waals surface area (Å²) in [6.07, 6.45) is 2.51. The lowest BCUT2D eigenvalue weighted by Gasteiger charge is -2.17. The third-order valence-electron chi connectivity index (χ3n) is 4.23. The van der Waals surface area contributed by atoms with Crippen LogP contribution in [-0.4, -0.2) is 25.3 Å². The number of hydrogen-bond acceptors (Lipinski definition) is 5. The van der Waals surface area contributed by atoms with Crippen molar-refractivity contribution in [3.8, 4) is 11.5 Å². The van der Waals surface area contributed by atoms with E-state index < -0.39 is 5.91 Å². The van der Waals surface area contributed by atoms with Crippen LogP contribution in [0.25, 0.3) is 11.0 Å². The Balaban J connectivity index is 1.73. The van der Waals surface area contributed by atoms with E-state index >= 15 is 0 Å². The first kappa shape index (κ1) is 21.4. The quantitative estimate of drug-likeness (QED) is 0.246. The van der Waals surface area contributed by atoms with E-state index in [0.29, 0.717) is 22.1 Å². The van der Waals surface area contributed by atoms with Crippen LogP contribution in [0.2, 0.25) is 5.02 Å². The van der Waals surface area contributed by atoms with Crippen LogP contribution in [0.15, 0.2) is 45.9 Å². The largest absolute Gasteiger partial charge is 0.493 e. The Morgan fingerprint density at radius 3 is 2.86 bits per heavy atom. The Morgan fingerprint density at radius 1 is 1.34 bits per heavy atom. The van der Waals surface area contributed by atoms with Crippen molar-refractivity contribution in [1.82, 2.24) is 5.43 Å². The highest BCUT2D eigenvalue weighted by Gasteiger charge is 2.14. The molecule has 152 valence electrons. The van der Waals surface area contributed by atoms with Crippen LogP contribution in [0.5, 0.6) is 11.5 Å². The zero-order chi connectivity index (χ0) is 21.0. The van der Waals surface area contributed by atoms with Gasteiger partial charge in [-0.05, 0) is 77.9 Å². The van der Waals surface area contributed by atoms with E-state index in [2.05, 4.69) is 40.0 Å². The normalized spacial score (nSPS) is 12.3. The lowest BCUT2D eigenvalue weighted by atomic mass is 10.2. The molecule has 0 aliphatic heterocycles. The molecular weight excluding hydrogens is 507 g/mol. The molecule has 6 nitrogen and oxygen atoms in total. The maximum atomic E-state index is 12.3. The van der Waals surface area contributed by atoms with Crippen LogP contribution in [-0.2, 0) is 0 Å². The molecule has 3 rings (SSSR count). The number of halogens is 2. The van der Waals surface area contributed by atoms with Gasteiger partial charge < -0.3 is 13.9 Å². The van der Waals surface area contributed by atoms with Crippen LogP contribution in [0.4, 0.5) is 0 Å². The molecule has 0 radical (unpaired) electrons. The predicted molar refractivity (Wildman–Crippen MR) is 122 cm³/mol. The molecule has 0 saturated carbocycles. The van der Waals surface area contributed by atoms with E-state index in [1.165, 1.54) is 6.21 Å². The first-order valence-electron chi connectivity index (χ1n) is 8.98. The molecule has 3 aromatic rings. The topological polar surface area (TPSA) is 73.1 Å². The Labute approximate surface area is 187 Å². The van der Waals surface area contributed by atoms with Crippen LogP contribution in [0.3, 0.4) is 0 Å². The van der Waals surface area contributed by atoms with Gasteiger partial charge in [-0.1, -0.05) is 18.5 Å². The molecule has 0 unspecified atom stereocenters. The minimum absolute atomic E-state index is 0.0786. The fourth-order valence-electron chi connectivity index (χ4n) is 2.56. The summed E-state index contributed by atoms with van der Waals surface area (Å²) in [6.45, 7) is 4.07. The van der Waals surface area contributed by atoms with Gasteiger partial charge in [-0.15, -0.1) is 0 Å². The molecule has 1 aromatic heterocycles. The SMILES string of the molecule is CC[C@@H](C)Oc1c(I)cc(/C=N/NC(=O)c2cc3cc(Cl)ccc3o2)cc1OC. The van der Waals surface area contributed by atoms with Crippen LogP contribution < -0.4 is 14.9 Å². The van der Waals surface area contributed by atoms with Gasteiger partial charge in [0, 0.05) is 10.4 Å². The molecule has 0 saturated heterocycles. The summed E-state index contributed by atoms with van der Waals surface area (Å²) in [4.78, 5) is 12.3. The highest BCUT2D eigenvalue weighted by atomic mass is 127. The van der Waals surface area contributed by atoms with Crippen molar-refractivity contribution < 1.29 is 18.7 Å². The van der Waals surface area contributed by atoms with E-state index in [9.17, 15) is 4.79 Å². The fourth-order valence-corrected chi connectivity index (χ4v) is 3.49. The van der Waals surface area contributed by atoms with E-state index in [4.69, 9.17) is 25.5 Å². The molecule has 0 aliphatic carbocycles. The summed E-state index contributed by atoms with van der Waals surface area (Å²) in [5, 5.41) is 5.35. The van der Waals surface area contributed by atoms with E-state index in [1.54, 1.807) is 37.4 Å². The van der Waals surface area contributed by atoms with Gasteiger partial charge in [-0.3, -0.25) is 4.79 Å². The number of nitrogens with one attached hydrogen (secondary N) is 1. The highest BCUT2D eigenvalue weighted by molar-refractivity contribution is 14.1. The second kappa shape index (κ2) is 9.49. The van der Waals surface area contributed by atoms with Gasteiger partial charge in [0.2, 0.25) is 0 Å². The van der Waals surface area contributed by atoms with Crippen molar-refractivity contribution in [3.63, 3.8) is 0 Å². The number of nitrogens with zero attached hydrogens (tertiary/aromatic N) is 1. The maximum Gasteiger partial charge on any atom is 0.307 e. The van der Waals surface area contributed by atoms with Crippen molar-refractivity contribution in [2.75, 3.05) is 7.11 Å². The zero-order valence-corrected chi connectivity index (χ0v) is 19.1. The van der Waals surface area contributed by atoms with Gasteiger partial charge in [0.25, 0.3) is 0 Å². The van der Waals surface area contributed by atoms with E-state index in [1.807, 2.05) is 13.0 Å². The Kier molecular flexibility index (Phi) is 7.02. The number of rotatable bonds is 7. The number of methoxy groups -OCH3 is 1. The molecule has 8 heteroatoms. The van der Waals surface area contributed by atoms with E-state index in [0.717, 1.165) is 20.9 Å². The monoisotopic (exact) mass is 526 g/mol. The second-order valence-electron chi connectivity index (χ2n) is 6.36. The molecule has 1 atom stereocenters. The molecule has 1 amide bonds. The molecule has 1 N–H and O–H groups in total.